The molecule has 1 aromatic heterocycles. The molecule has 2 atom stereocenters. The van der Waals surface area contributed by atoms with Gasteiger partial charge >= 0.3 is 5.97 Å². The highest BCUT2D eigenvalue weighted by Crippen LogP contribution is 2.23. The maximum Gasteiger partial charge on any atom is 0.338 e. The molecule has 6 nitrogen and oxygen atoms in total. The first kappa shape index (κ1) is 16.4. The molecule has 1 aliphatic carbocycles. The van der Waals surface area contributed by atoms with Crippen molar-refractivity contribution >= 4 is 22.9 Å². The summed E-state index contributed by atoms with van der Waals surface area (Å²) in [4.78, 5) is 32.4. The number of nitrogens with one attached hydrogen (secondary N) is 1. The van der Waals surface area contributed by atoms with Crippen molar-refractivity contribution in [2.75, 3.05) is 6.61 Å². The first-order chi connectivity index (χ1) is 11.6. The summed E-state index contributed by atoms with van der Waals surface area (Å²) >= 11 is 0. The van der Waals surface area contributed by atoms with Gasteiger partial charge in [0, 0.05) is 18.4 Å². The average molecular weight is 327 g/mol. The van der Waals surface area contributed by atoms with Gasteiger partial charge in [0.2, 0.25) is 0 Å². The van der Waals surface area contributed by atoms with Gasteiger partial charge in [-0.2, -0.15) is 0 Å². The Bertz CT molecular complexity index is 747. The summed E-state index contributed by atoms with van der Waals surface area (Å²) in [7, 11) is 0. The number of amides is 1. The van der Waals surface area contributed by atoms with Crippen LogP contribution in [0, 0.1) is 5.92 Å². The van der Waals surface area contributed by atoms with Crippen molar-refractivity contribution in [3.63, 3.8) is 0 Å². The van der Waals surface area contributed by atoms with Crippen molar-refractivity contribution in [2.24, 2.45) is 5.92 Å². The Kier molecular flexibility index (Phi) is 5.03. The van der Waals surface area contributed by atoms with E-state index in [1.165, 1.54) is 6.42 Å². The Morgan fingerprint density at radius 3 is 2.71 bits per heavy atom. The molecule has 1 aromatic carbocycles. The van der Waals surface area contributed by atoms with Crippen LogP contribution >= 0.6 is 0 Å². The lowest BCUT2D eigenvalue weighted by Gasteiger charge is -2.29. The molecule has 0 bridgehead atoms. The Labute approximate surface area is 140 Å². The van der Waals surface area contributed by atoms with Crippen LogP contribution < -0.4 is 5.32 Å². The number of ether oxygens (including phenoxy) is 1. The Morgan fingerprint density at radius 2 is 1.92 bits per heavy atom. The molecule has 2 aromatic rings. The zero-order valence-corrected chi connectivity index (χ0v) is 13.7. The second-order valence-electron chi connectivity index (χ2n) is 6.27. The van der Waals surface area contributed by atoms with Crippen LogP contribution in [0.2, 0.25) is 0 Å². The largest absolute Gasteiger partial charge is 0.452 e. The zero-order valence-electron chi connectivity index (χ0n) is 13.7. The van der Waals surface area contributed by atoms with Gasteiger partial charge in [0.1, 0.15) is 0 Å². The maximum absolute atomic E-state index is 12.1. The topological polar surface area (TPSA) is 81.2 Å². The third kappa shape index (κ3) is 3.88. The number of carbonyl (C=O) groups excluding carboxylic acids is 2. The maximum atomic E-state index is 12.1. The standard InChI is InChI=1S/C18H21N3O3/c1-12-4-2-3-5-14(12)21-17(22)11-24-18(23)13-6-7-15-16(10-13)20-9-8-19-15/h6-10,12,14H,2-5,11H2,1H3,(H,21,22)/t12-,14-/m1/s1. The Balaban J connectivity index is 1.55. The second-order valence-corrected chi connectivity index (χ2v) is 6.27. The van der Waals surface area contributed by atoms with Crippen LogP contribution in [0.5, 0.6) is 0 Å². The SMILES string of the molecule is C[C@@H]1CCCC[C@H]1NC(=O)COC(=O)c1ccc2nccnc2c1. The van der Waals surface area contributed by atoms with E-state index in [0.717, 1.165) is 19.3 Å². The van der Waals surface area contributed by atoms with Crippen LogP contribution in [0.4, 0.5) is 0 Å². The van der Waals surface area contributed by atoms with Gasteiger partial charge < -0.3 is 10.1 Å². The number of rotatable bonds is 4. The quantitative estimate of drug-likeness (QED) is 0.873. The van der Waals surface area contributed by atoms with Crippen LogP contribution in [0.3, 0.4) is 0 Å². The van der Waals surface area contributed by atoms with Crippen LogP contribution in [0.15, 0.2) is 30.6 Å². The number of nitrogens with zero attached hydrogens (tertiary/aromatic N) is 2. The van der Waals surface area contributed by atoms with E-state index in [0.29, 0.717) is 22.5 Å². The van der Waals surface area contributed by atoms with Gasteiger partial charge in [-0.15, -0.1) is 0 Å². The Hall–Kier alpha value is -2.50. The molecule has 3 rings (SSSR count). The highest BCUT2D eigenvalue weighted by Gasteiger charge is 2.23. The normalized spacial score (nSPS) is 20.5. The van der Waals surface area contributed by atoms with Crippen LogP contribution in [-0.2, 0) is 9.53 Å². The highest BCUT2D eigenvalue weighted by atomic mass is 16.5. The predicted molar refractivity (Wildman–Crippen MR) is 89.4 cm³/mol. The van der Waals surface area contributed by atoms with Gasteiger partial charge in [-0.3, -0.25) is 14.8 Å². The first-order valence-electron chi connectivity index (χ1n) is 8.31. The minimum atomic E-state index is -0.533. The fraction of sp³-hybridized carbons (Fsp3) is 0.444. The van der Waals surface area contributed by atoms with Crippen LogP contribution in [0.1, 0.15) is 43.0 Å². The lowest BCUT2D eigenvalue weighted by atomic mass is 9.86. The van der Waals surface area contributed by atoms with Crippen LogP contribution in [0.25, 0.3) is 11.0 Å². The molecule has 1 aliphatic rings. The molecule has 1 fully saturated rings. The van der Waals surface area contributed by atoms with Gasteiger partial charge in [-0.05, 0) is 37.0 Å². The van der Waals surface area contributed by atoms with Crippen molar-refractivity contribution in [1.82, 2.24) is 15.3 Å². The summed E-state index contributed by atoms with van der Waals surface area (Å²) in [5, 5.41) is 2.97. The summed E-state index contributed by atoms with van der Waals surface area (Å²) in [6, 6.07) is 5.13. The van der Waals surface area contributed by atoms with Crippen molar-refractivity contribution in [3.8, 4) is 0 Å². The molecule has 0 saturated heterocycles. The van der Waals surface area contributed by atoms with Crippen molar-refractivity contribution in [1.29, 1.82) is 0 Å². The smallest absolute Gasteiger partial charge is 0.338 e. The summed E-state index contributed by atoms with van der Waals surface area (Å²) in [5.74, 6) is -0.311. The van der Waals surface area contributed by atoms with E-state index in [2.05, 4.69) is 22.2 Å². The lowest BCUT2D eigenvalue weighted by Crippen LogP contribution is -2.42. The van der Waals surface area contributed by atoms with E-state index in [4.69, 9.17) is 4.74 Å². The van der Waals surface area contributed by atoms with E-state index in [-0.39, 0.29) is 18.6 Å². The van der Waals surface area contributed by atoms with Gasteiger partial charge in [-0.1, -0.05) is 19.8 Å². The molecule has 24 heavy (non-hydrogen) atoms. The molecule has 0 radical (unpaired) electrons. The summed E-state index contributed by atoms with van der Waals surface area (Å²) in [6.45, 7) is 1.88. The van der Waals surface area contributed by atoms with Crippen LogP contribution in [-0.4, -0.2) is 34.5 Å². The third-order valence-electron chi connectivity index (χ3n) is 4.50. The zero-order chi connectivity index (χ0) is 16.9. The molecule has 0 aliphatic heterocycles. The lowest BCUT2D eigenvalue weighted by molar-refractivity contribution is -0.125. The van der Waals surface area contributed by atoms with Crippen molar-refractivity contribution in [2.45, 2.75) is 38.6 Å². The van der Waals surface area contributed by atoms with Gasteiger partial charge in [0.25, 0.3) is 5.91 Å². The molecule has 126 valence electrons. The number of aromatic nitrogens is 2. The van der Waals surface area contributed by atoms with E-state index in [9.17, 15) is 9.59 Å². The molecule has 6 heteroatoms. The molecule has 1 N–H and O–H groups in total. The molecular weight excluding hydrogens is 306 g/mol. The number of carbonyl (C=O) groups is 2. The predicted octanol–water partition coefficient (Wildman–Crippen LogP) is 2.48. The number of esters is 1. The minimum Gasteiger partial charge on any atom is -0.452 e. The fourth-order valence-corrected chi connectivity index (χ4v) is 3.08. The van der Waals surface area contributed by atoms with Gasteiger partial charge in [0.05, 0.1) is 16.6 Å². The minimum absolute atomic E-state index is 0.181. The molecular formula is C18H21N3O3. The first-order valence-corrected chi connectivity index (χ1v) is 8.31. The number of hydrogen-bond donors (Lipinski definition) is 1. The van der Waals surface area contributed by atoms with Crippen molar-refractivity contribution < 1.29 is 14.3 Å². The summed E-state index contributed by atoms with van der Waals surface area (Å²) < 4.78 is 5.12. The monoisotopic (exact) mass is 327 g/mol. The van der Waals surface area contributed by atoms with Gasteiger partial charge in [-0.25, -0.2) is 4.79 Å². The number of benzene rings is 1. The number of fused-ring (bicyclic) bond motifs is 1. The van der Waals surface area contributed by atoms with Crippen molar-refractivity contribution in [3.05, 3.63) is 36.2 Å². The Morgan fingerprint density at radius 1 is 1.17 bits per heavy atom. The summed E-state index contributed by atoms with van der Waals surface area (Å²) in [5.41, 5.74) is 1.69. The van der Waals surface area contributed by atoms with E-state index < -0.39 is 5.97 Å². The molecule has 1 amide bonds. The van der Waals surface area contributed by atoms with E-state index in [1.807, 2.05) is 0 Å². The molecule has 1 heterocycles. The van der Waals surface area contributed by atoms with Gasteiger partial charge in [0.15, 0.2) is 6.61 Å². The highest BCUT2D eigenvalue weighted by molar-refractivity contribution is 5.94. The molecule has 0 spiro atoms. The summed E-state index contributed by atoms with van der Waals surface area (Å²) in [6.07, 6.45) is 7.63. The fourth-order valence-electron chi connectivity index (χ4n) is 3.08. The van der Waals surface area contributed by atoms with E-state index >= 15 is 0 Å². The molecule has 0 unspecified atom stereocenters. The third-order valence-corrected chi connectivity index (χ3v) is 4.50. The number of hydrogen-bond acceptors (Lipinski definition) is 5. The molecule has 1 saturated carbocycles. The average Bonchev–Trinajstić information content (AvgIpc) is 2.61. The second kappa shape index (κ2) is 7.38. The van der Waals surface area contributed by atoms with E-state index in [1.54, 1.807) is 30.6 Å².